The Bertz CT molecular complexity index is 728. The third-order valence-electron chi connectivity index (χ3n) is 3.87. The van der Waals surface area contributed by atoms with E-state index in [9.17, 15) is 13.9 Å². The van der Waals surface area contributed by atoms with Crippen LogP contribution < -0.4 is 11.1 Å². The molecule has 1 aliphatic heterocycles. The zero-order chi connectivity index (χ0) is 16.8. The Morgan fingerprint density at radius 1 is 1.52 bits per heavy atom. The van der Waals surface area contributed by atoms with Crippen LogP contribution in [-0.4, -0.2) is 67.9 Å². The molecule has 0 amide bonds. The number of hydrogen-bond acceptors (Lipinski definition) is 8. The first-order valence-corrected chi connectivity index (χ1v) is 6.83. The first kappa shape index (κ1) is 15.8. The molecule has 0 aliphatic carbocycles. The van der Waals surface area contributed by atoms with Gasteiger partial charge in [-0.25, -0.2) is 13.8 Å². The number of aliphatic hydroxyl groups excluding tert-OH is 2. The number of nitrogen functional groups attached to an aromatic ring is 1. The number of alkyl halides is 2. The second kappa shape index (κ2) is 5.51. The lowest BCUT2D eigenvalue weighted by molar-refractivity contribution is -0.0689. The number of rotatable bonds is 4. The summed E-state index contributed by atoms with van der Waals surface area (Å²) in [6, 6.07) is 0. The van der Waals surface area contributed by atoms with Crippen LogP contribution in [0.2, 0.25) is 0 Å². The van der Waals surface area contributed by atoms with Crippen molar-refractivity contribution in [2.24, 2.45) is 0 Å². The Kier molecular flexibility index (Phi) is 3.78. The van der Waals surface area contributed by atoms with Crippen molar-refractivity contribution in [2.45, 2.75) is 24.1 Å². The molecule has 0 bridgehead atoms. The van der Waals surface area contributed by atoms with E-state index in [1.807, 2.05) is 0 Å². The Morgan fingerprint density at radius 3 is 2.87 bits per heavy atom. The lowest BCUT2D eigenvalue weighted by Crippen LogP contribution is -2.45. The maximum atomic E-state index is 14.9. The highest BCUT2D eigenvalue weighted by molar-refractivity contribution is 5.84. The van der Waals surface area contributed by atoms with Crippen molar-refractivity contribution in [2.75, 3.05) is 31.4 Å². The van der Waals surface area contributed by atoms with Crippen LogP contribution in [0.15, 0.2) is 6.33 Å². The second-order valence-electron chi connectivity index (χ2n) is 5.22. The van der Waals surface area contributed by atoms with E-state index < -0.39 is 37.4 Å². The molecular formula is C12H16F2N6O3. The van der Waals surface area contributed by atoms with Crippen LogP contribution in [0.25, 0.3) is 11.2 Å². The van der Waals surface area contributed by atoms with Crippen molar-refractivity contribution in [3.8, 4) is 0 Å². The summed E-state index contributed by atoms with van der Waals surface area (Å²) in [6.45, 7) is -2.16. The first-order valence-electron chi connectivity index (χ1n) is 6.83. The van der Waals surface area contributed by atoms with Gasteiger partial charge in [-0.1, -0.05) is 0 Å². The third kappa shape index (κ3) is 2.19. The van der Waals surface area contributed by atoms with E-state index in [0.717, 1.165) is 4.57 Å². The monoisotopic (exact) mass is 330 g/mol. The van der Waals surface area contributed by atoms with Crippen LogP contribution in [0.1, 0.15) is 6.23 Å². The lowest BCUT2D eigenvalue weighted by Gasteiger charge is -2.25. The molecule has 0 spiro atoms. The molecule has 1 fully saturated rings. The van der Waals surface area contributed by atoms with Gasteiger partial charge in [0.05, 0.1) is 12.9 Å². The summed E-state index contributed by atoms with van der Waals surface area (Å²) in [4.78, 5) is 12.0. The van der Waals surface area contributed by atoms with Crippen molar-refractivity contribution in [3.05, 3.63) is 6.33 Å². The van der Waals surface area contributed by atoms with E-state index >= 15 is 0 Å². The summed E-state index contributed by atoms with van der Waals surface area (Å²) in [5.74, 6) is 0.221. The number of fused-ring (bicyclic) bond motifs is 1. The van der Waals surface area contributed by atoms with Crippen molar-refractivity contribution >= 4 is 22.9 Å². The molecule has 1 aliphatic rings. The summed E-state index contributed by atoms with van der Waals surface area (Å²) < 4.78 is 34.6. The van der Waals surface area contributed by atoms with E-state index in [4.69, 9.17) is 15.6 Å². The van der Waals surface area contributed by atoms with Crippen molar-refractivity contribution in [3.63, 3.8) is 0 Å². The van der Waals surface area contributed by atoms with Crippen LogP contribution in [0.3, 0.4) is 0 Å². The highest BCUT2D eigenvalue weighted by Gasteiger charge is 2.58. The topological polar surface area (TPSA) is 131 Å². The molecular weight excluding hydrogens is 314 g/mol. The molecule has 0 radical (unpaired) electrons. The van der Waals surface area contributed by atoms with E-state index in [-0.39, 0.29) is 17.1 Å². The van der Waals surface area contributed by atoms with Crippen molar-refractivity contribution < 1.29 is 23.7 Å². The summed E-state index contributed by atoms with van der Waals surface area (Å²) in [5.41, 5.74) is 3.26. The molecule has 23 heavy (non-hydrogen) atoms. The molecule has 11 heteroatoms. The Balaban J connectivity index is 2.14. The fourth-order valence-corrected chi connectivity index (χ4v) is 2.67. The second-order valence-corrected chi connectivity index (χ2v) is 5.22. The fraction of sp³-hybridized carbons (Fsp3) is 0.583. The number of aromatic nitrogens is 4. The van der Waals surface area contributed by atoms with E-state index in [1.54, 1.807) is 7.05 Å². The number of anilines is 2. The zero-order valence-corrected chi connectivity index (χ0v) is 12.1. The maximum Gasteiger partial charge on any atom is 0.224 e. The molecule has 1 saturated heterocycles. The van der Waals surface area contributed by atoms with Gasteiger partial charge in [-0.05, 0) is 0 Å². The predicted molar refractivity (Wildman–Crippen MR) is 76.1 cm³/mol. The molecule has 0 unspecified atom stereocenters. The summed E-state index contributed by atoms with van der Waals surface area (Å²) >= 11 is 0. The van der Waals surface area contributed by atoms with Gasteiger partial charge in [-0.2, -0.15) is 9.97 Å². The zero-order valence-electron chi connectivity index (χ0n) is 12.1. The van der Waals surface area contributed by atoms with Crippen LogP contribution in [0.4, 0.5) is 20.5 Å². The predicted octanol–water partition coefficient (Wildman–Crippen LogP) is -0.621. The maximum absolute atomic E-state index is 14.9. The molecule has 0 saturated carbocycles. The minimum absolute atomic E-state index is 0.0921. The number of aliphatic hydroxyl groups is 2. The molecule has 3 heterocycles. The number of imidazole rings is 1. The molecule has 5 N–H and O–H groups in total. The Labute approximate surface area is 129 Å². The number of halogens is 2. The Morgan fingerprint density at radius 2 is 2.26 bits per heavy atom. The number of hydrogen-bond donors (Lipinski definition) is 4. The minimum atomic E-state index is -2.75. The van der Waals surface area contributed by atoms with Gasteiger partial charge < -0.3 is 26.0 Å². The van der Waals surface area contributed by atoms with E-state index in [0.29, 0.717) is 5.82 Å². The molecule has 126 valence electrons. The molecule has 2 aromatic heterocycles. The standard InChI is InChI=1S/C12H16F2N6O3/c1-16-8-6-9(19-11(15)18-8)20(4-17-6)10-12(14,3-13)7(22)5(2-21)23-10/h4-5,7,10,21-22H,2-3H2,1H3,(H3,15,16,18,19)/t5-,7-,10-,12-/m1/s1. The number of ether oxygens (including phenoxy) is 1. The van der Waals surface area contributed by atoms with Gasteiger partial charge in [0.15, 0.2) is 23.2 Å². The average molecular weight is 330 g/mol. The van der Waals surface area contributed by atoms with E-state index in [2.05, 4.69) is 20.3 Å². The van der Waals surface area contributed by atoms with Crippen LogP contribution in [-0.2, 0) is 4.74 Å². The van der Waals surface area contributed by atoms with Crippen LogP contribution in [0.5, 0.6) is 0 Å². The number of nitrogens with zero attached hydrogens (tertiary/aromatic N) is 4. The van der Waals surface area contributed by atoms with Gasteiger partial charge in [-0.3, -0.25) is 4.57 Å². The summed E-state index contributed by atoms with van der Waals surface area (Å²) in [6.07, 6.45) is -3.45. The quantitative estimate of drug-likeness (QED) is 0.583. The van der Waals surface area contributed by atoms with Crippen LogP contribution >= 0.6 is 0 Å². The van der Waals surface area contributed by atoms with E-state index in [1.165, 1.54) is 6.33 Å². The van der Waals surface area contributed by atoms with Gasteiger partial charge in [0.1, 0.15) is 18.9 Å². The highest BCUT2D eigenvalue weighted by atomic mass is 19.2. The molecule has 9 nitrogen and oxygen atoms in total. The molecule has 2 aromatic rings. The summed E-state index contributed by atoms with van der Waals surface area (Å²) in [5, 5.41) is 21.8. The van der Waals surface area contributed by atoms with Crippen molar-refractivity contribution in [1.82, 2.24) is 19.5 Å². The fourth-order valence-electron chi connectivity index (χ4n) is 2.67. The third-order valence-corrected chi connectivity index (χ3v) is 3.87. The first-order chi connectivity index (χ1) is 11.0. The molecule has 0 aromatic carbocycles. The highest BCUT2D eigenvalue weighted by Crippen LogP contribution is 2.43. The smallest absolute Gasteiger partial charge is 0.224 e. The minimum Gasteiger partial charge on any atom is -0.394 e. The largest absolute Gasteiger partial charge is 0.394 e. The van der Waals surface area contributed by atoms with Crippen molar-refractivity contribution in [1.29, 1.82) is 0 Å². The SMILES string of the molecule is CNc1nc(N)nc2c1ncn2[C@@H]1O[C@H](CO)[C@@H](O)[C@]1(F)CF. The number of nitrogens with two attached hydrogens (primary N) is 1. The lowest BCUT2D eigenvalue weighted by atomic mass is 9.97. The van der Waals surface area contributed by atoms with Crippen LogP contribution in [0, 0.1) is 0 Å². The van der Waals surface area contributed by atoms with Gasteiger partial charge in [0, 0.05) is 7.05 Å². The average Bonchev–Trinajstić information content (AvgIpc) is 3.07. The van der Waals surface area contributed by atoms with Gasteiger partial charge in [-0.15, -0.1) is 0 Å². The summed E-state index contributed by atoms with van der Waals surface area (Å²) in [7, 11) is 1.60. The van der Waals surface area contributed by atoms with Gasteiger partial charge >= 0.3 is 0 Å². The normalized spacial score (nSPS) is 30.9. The van der Waals surface area contributed by atoms with Gasteiger partial charge in [0.2, 0.25) is 11.6 Å². The Hall–Kier alpha value is -2.11. The number of nitrogens with one attached hydrogen (secondary N) is 1. The van der Waals surface area contributed by atoms with Gasteiger partial charge in [0.25, 0.3) is 0 Å². The molecule has 4 atom stereocenters. The molecule has 3 rings (SSSR count).